The molecule has 3 rings (SSSR count). The normalized spacial score (nSPS) is 21.0. The second-order valence-corrected chi connectivity index (χ2v) is 8.85. The number of hydrogen-bond acceptors (Lipinski definition) is 5. The molecule has 29 heavy (non-hydrogen) atoms. The van der Waals surface area contributed by atoms with Gasteiger partial charge in [0, 0.05) is 24.5 Å². The monoisotopic (exact) mass is 415 g/mol. The number of anilines is 2. The molecule has 1 fully saturated rings. The molecule has 2 amide bonds. The molecule has 7 heteroatoms. The number of rotatable bonds is 6. The average Bonchev–Trinajstić information content (AvgIpc) is 3.17. The number of morpholine rings is 1. The molecule has 2 aromatic rings. The van der Waals surface area contributed by atoms with Crippen molar-refractivity contribution in [3.63, 3.8) is 0 Å². The van der Waals surface area contributed by atoms with Gasteiger partial charge in [-0.05, 0) is 55.5 Å². The van der Waals surface area contributed by atoms with Gasteiger partial charge in [-0.25, -0.2) is 0 Å². The van der Waals surface area contributed by atoms with Crippen molar-refractivity contribution in [2.75, 3.05) is 23.7 Å². The first kappa shape index (κ1) is 21.5. The fraction of sp³-hybridized carbons (Fsp3) is 0.455. The van der Waals surface area contributed by atoms with Gasteiger partial charge in [-0.3, -0.25) is 14.5 Å². The van der Waals surface area contributed by atoms with Crippen LogP contribution in [0.1, 0.15) is 37.4 Å². The number of nitrogens with one attached hydrogen (secondary N) is 2. The highest BCUT2D eigenvalue weighted by atomic mass is 32.1. The van der Waals surface area contributed by atoms with Crippen LogP contribution in [0.15, 0.2) is 41.8 Å². The maximum absolute atomic E-state index is 13.0. The second-order valence-electron chi connectivity index (χ2n) is 7.90. The van der Waals surface area contributed by atoms with Gasteiger partial charge in [-0.2, -0.15) is 0 Å². The SMILES string of the molecule is CC1CN(C(C(=O)Nc2ccc(NC(=O)c3cccs3)cc2)C(C)C)CC(C)O1. The summed E-state index contributed by atoms with van der Waals surface area (Å²) in [5, 5.41) is 7.76. The Morgan fingerprint density at radius 3 is 2.14 bits per heavy atom. The second kappa shape index (κ2) is 9.52. The molecule has 0 radical (unpaired) electrons. The van der Waals surface area contributed by atoms with Gasteiger partial charge < -0.3 is 15.4 Å². The Morgan fingerprint density at radius 1 is 1.03 bits per heavy atom. The summed E-state index contributed by atoms with van der Waals surface area (Å²) >= 11 is 1.40. The number of thiophene rings is 1. The van der Waals surface area contributed by atoms with Gasteiger partial charge in [0.05, 0.1) is 23.1 Å². The highest BCUT2D eigenvalue weighted by Crippen LogP contribution is 2.21. The first-order chi connectivity index (χ1) is 13.8. The number of ether oxygens (including phenoxy) is 1. The standard InChI is InChI=1S/C22H29N3O3S/c1-14(2)20(25-12-15(3)28-16(4)13-25)22(27)24-18-9-7-17(8-10-18)23-21(26)19-6-5-11-29-19/h5-11,14-16,20H,12-13H2,1-4H3,(H,23,26)(H,24,27). The lowest BCUT2D eigenvalue weighted by Crippen LogP contribution is -2.55. The van der Waals surface area contributed by atoms with Crippen LogP contribution in [0.5, 0.6) is 0 Å². The zero-order valence-corrected chi connectivity index (χ0v) is 18.2. The molecule has 0 bridgehead atoms. The Balaban J connectivity index is 1.63. The number of amides is 2. The molecule has 1 saturated heterocycles. The molecule has 0 saturated carbocycles. The summed E-state index contributed by atoms with van der Waals surface area (Å²) in [4.78, 5) is 28.0. The van der Waals surface area contributed by atoms with Crippen molar-refractivity contribution < 1.29 is 14.3 Å². The van der Waals surface area contributed by atoms with Crippen molar-refractivity contribution >= 4 is 34.5 Å². The maximum Gasteiger partial charge on any atom is 0.265 e. The van der Waals surface area contributed by atoms with Crippen molar-refractivity contribution in [3.8, 4) is 0 Å². The summed E-state index contributed by atoms with van der Waals surface area (Å²) < 4.78 is 5.81. The van der Waals surface area contributed by atoms with Crippen molar-refractivity contribution in [1.29, 1.82) is 0 Å². The van der Waals surface area contributed by atoms with E-state index in [1.54, 1.807) is 18.2 Å². The lowest BCUT2D eigenvalue weighted by atomic mass is 9.99. The minimum absolute atomic E-state index is 0.0170. The van der Waals surface area contributed by atoms with E-state index in [1.807, 2.05) is 37.4 Å². The van der Waals surface area contributed by atoms with Crippen LogP contribution < -0.4 is 10.6 Å². The molecule has 6 nitrogen and oxygen atoms in total. The van der Waals surface area contributed by atoms with E-state index < -0.39 is 0 Å². The van der Waals surface area contributed by atoms with E-state index in [9.17, 15) is 9.59 Å². The number of nitrogens with zero attached hydrogens (tertiary/aromatic N) is 1. The average molecular weight is 416 g/mol. The van der Waals surface area contributed by atoms with Crippen LogP contribution in [0.25, 0.3) is 0 Å². The van der Waals surface area contributed by atoms with Crippen LogP contribution in [0.3, 0.4) is 0 Å². The molecule has 1 aromatic carbocycles. The zero-order valence-electron chi connectivity index (χ0n) is 17.3. The lowest BCUT2D eigenvalue weighted by molar-refractivity contribution is -0.130. The molecule has 3 unspecified atom stereocenters. The van der Waals surface area contributed by atoms with Gasteiger partial charge in [0.15, 0.2) is 0 Å². The van der Waals surface area contributed by atoms with Gasteiger partial charge in [0.25, 0.3) is 5.91 Å². The van der Waals surface area contributed by atoms with Crippen LogP contribution in [0, 0.1) is 5.92 Å². The van der Waals surface area contributed by atoms with Crippen molar-refractivity contribution in [1.82, 2.24) is 4.90 Å². The highest BCUT2D eigenvalue weighted by Gasteiger charge is 2.34. The fourth-order valence-corrected chi connectivity index (χ4v) is 4.41. The quantitative estimate of drug-likeness (QED) is 0.746. The van der Waals surface area contributed by atoms with Crippen molar-refractivity contribution in [2.24, 2.45) is 5.92 Å². The van der Waals surface area contributed by atoms with E-state index in [0.29, 0.717) is 16.3 Å². The summed E-state index contributed by atoms with van der Waals surface area (Å²) in [6, 6.07) is 10.6. The third-order valence-electron chi connectivity index (χ3n) is 4.90. The smallest absolute Gasteiger partial charge is 0.265 e. The zero-order chi connectivity index (χ0) is 21.0. The van der Waals surface area contributed by atoms with Gasteiger partial charge in [0.1, 0.15) is 0 Å². The summed E-state index contributed by atoms with van der Waals surface area (Å²) in [6.07, 6.45) is 0.220. The predicted octanol–water partition coefficient (Wildman–Crippen LogP) is 4.07. The molecule has 0 spiro atoms. The molecule has 0 aliphatic carbocycles. The van der Waals surface area contributed by atoms with Crippen LogP contribution in [0.4, 0.5) is 11.4 Å². The van der Waals surface area contributed by atoms with E-state index in [1.165, 1.54) is 11.3 Å². The Hall–Kier alpha value is -2.22. The van der Waals surface area contributed by atoms with Gasteiger partial charge in [0.2, 0.25) is 5.91 Å². The molecule has 1 aliphatic heterocycles. The Kier molecular flexibility index (Phi) is 7.05. The van der Waals surface area contributed by atoms with Crippen LogP contribution in [0.2, 0.25) is 0 Å². The maximum atomic E-state index is 13.0. The Labute approximate surface area is 176 Å². The summed E-state index contributed by atoms with van der Waals surface area (Å²) in [5.41, 5.74) is 1.40. The molecule has 1 aromatic heterocycles. The molecule has 2 N–H and O–H groups in total. The number of hydrogen-bond donors (Lipinski definition) is 2. The summed E-state index contributed by atoms with van der Waals surface area (Å²) in [7, 11) is 0. The molecular formula is C22H29N3O3S. The van der Waals surface area contributed by atoms with E-state index >= 15 is 0 Å². The summed E-state index contributed by atoms with van der Waals surface area (Å²) in [5.74, 6) is 0.0285. The minimum Gasteiger partial charge on any atom is -0.373 e. The largest absolute Gasteiger partial charge is 0.373 e. The van der Waals surface area contributed by atoms with E-state index in [2.05, 4.69) is 29.4 Å². The van der Waals surface area contributed by atoms with Crippen molar-refractivity contribution in [3.05, 3.63) is 46.7 Å². The van der Waals surface area contributed by atoms with Gasteiger partial charge in [-0.1, -0.05) is 19.9 Å². The van der Waals surface area contributed by atoms with Gasteiger partial charge >= 0.3 is 0 Å². The molecule has 2 heterocycles. The van der Waals surface area contributed by atoms with Crippen LogP contribution >= 0.6 is 11.3 Å². The predicted molar refractivity (Wildman–Crippen MR) is 118 cm³/mol. The topological polar surface area (TPSA) is 70.7 Å². The Morgan fingerprint density at radius 2 is 1.62 bits per heavy atom. The van der Waals surface area contributed by atoms with E-state index in [0.717, 1.165) is 13.1 Å². The first-order valence-electron chi connectivity index (χ1n) is 9.98. The molecule has 1 aliphatic rings. The molecule has 156 valence electrons. The number of carbonyl (C=O) groups excluding carboxylic acids is 2. The van der Waals surface area contributed by atoms with Crippen molar-refractivity contribution in [2.45, 2.75) is 45.9 Å². The van der Waals surface area contributed by atoms with E-state index in [4.69, 9.17) is 4.74 Å². The minimum atomic E-state index is -0.220. The highest BCUT2D eigenvalue weighted by molar-refractivity contribution is 7.12. The van der Waals surface area contributed by atoms with Crippen LogP contribution in [-0.2, 0) is 9.53 Å². The fourth-order valence-electron chi connectivity index (χ4n) is 3.79. The van der Waals surface area contributed by atoms with E-state index in [-0.39, 0.29) is 36.0 Å². The third kappa shape index (κ3) is 5.65. The number of benzene rings is 1. The van der Waals surface area contributed by atoms with Crippen LogP contribution in [-0.4, -0.2) is 48.1 Å². The first-order valence-corrected chi connectivity index (χ1v) is 10.9. The number of carbonyl (C=O) groups is 2. The van der Waals surface area contributed by atoms with Gasteiger partial charge in [-0.15, -0.1) is 11.3 Å². The Bertz CT molecular complexity index is 810. The summed E-state index contributed by atoms with van der Waals surface area (Å²) in [6.45, 7) is 9.71. The lowest BCUT2D eigenvalue weighted by Gasteiger charge is -2.41. The molecule has 3 atom stereocenters. The third-order valence-corrected chi connectivity index (χ3v) is 5.77. The molecular weight excluding hydrogens is 386 g/mol.